The Kier molecular flexibility index (Phi) is 4.99. The number of hydrogen-bond donors (Lipinski definition) is 2. The number of nitrogens with zero attached hydrogens (tertiary/aromatic N) is 1. The minimum absolute atomic E-state index is 0.0660. The van der Waals surface area contributed by atoms with Crippen molar-refractivity contribution in [3.05, 3.63) is 47.7 Å². The Labute approximate surface area is 133 Å². The Morgan fingerprint density at radius 1 is 1.32 bits per heavy atom. The first-order chi connectivity index (χ1) is 10.4. The zero-order valence-corrected chi connectivity index (χ0v) is 13.3. The van der Waals surface area contributed by atoms with Gasteiger partial charge < -0.3 is 5.32 Å². The van der Waals surface area contributed by atoms with Gasteiger partial charge in [-0.3, -0.25) is 9.78 Å². The van der Waals surface area contributed by atoms with Gasteiger partial charge >= 0.3 is 0 Å². The molecule has 6 nitrogen and oxygen atoms in total. The third-order valence-electron chi connectivity index (χ3n) is 2.75. The molecule has 116 valence electrons. The van der Waals surface area contributed by atoms with Crippen molar-refractivity contribution in [3.63, 3.8) is 0 Å². The molecule has 1 heterocycles. The number of rotatable bonds is 5. The highest BCUT2D eigenvalue weighted by Gasteiger charge is 2.21. The molecule has 0 fully saturated rings. The van der Waals surface area contributed by atoms with Crippen LogP contribution in [0.1, 0.15) is 13.3 Å². The minimum atomic E-state index is -3.99. The Morgan fingerprint density at radius 3 is 2.77 bits per heavy atom. The van der Waals surface area contributed by atoms with Gasteiger partial charge in [-0.25, -0.2) is 13.1 Å². The Hall–Kier alpha value is -2.12. The molecule has 0 spiro atoms. The van der Waals surface area contributed by atoms with Crippen LogP contribution in [0, 0.1) is 0 Å². The number of pyridine rings is 1. The number of nitrogens with one attached hydrogen (secondary N) is 2. The predicted molar refractivity (Wildman–Crippen MR) is 84.6 cm³/mol. The second kappa shape index (κ2) is 6.76. The van der Waals surface area contributed by atoms with E-state index in [0.29, 0.717) is 16.4 Å². The van der Waals surface area contributed by atoms with Gasteiger partial charge in [0.15, 0.2) is 0 Å². The fraction of sp³-hybridized carbons (Fsp3) is 0.143. The number of carbonyl (C=O) groups excluding carboxylic acids is 1. The molecule has 2 N–H and O–H groups in total. The summed E-state index contributed by atoms with van der Waals surface area (Å²) in [5, 5.41) is 3.47. The van der Waals surface area contributed by atoms with Crippen molar-refractivity contribution in [2.75, 3.05) is 5.32 Å². The normalized spacial score (nSPS) is 11.0. The standard InChI is InChI=1S/C14H14ClN3O3S/c1-2-14(19)18-22(20,21)13-9-16-7-6-12(13)17-11-5-3-4-10(15)8-11/h3-9H,2H2,1H3,(H,16,17)(H,18,19). The van der Waals surface area contributed by atoms with Crippen LogP contribution in [0.5, 0.6) is 0 Å². The highest BCUT2D eigenvalue weighted by atomic mass is 35.5. The topological polar surface area (TPSA) is 88.2 Å². The van der Waals surface area contributed by atoms with Gasteiger partial charge in [0.25, 0.3) is 10.0 Å². The molecule has 0 atom stereocenters. The average Bonchev–Trinajstić information content (AvgIpc) is 2.47. The first-order valence-corrected chi connectivity index (χ1v) is 8.30. The number of aromatic nitrogens is 1. The van der Waals surface area contributed by atoms with Crippen molar-refractivity contribution < 1.29 is 13.2 Å². The van der Waals surface area contributed by atoms with E-state index in [1.54, 1.807) is 31.2 Å². The summed E-state index contributed by atoms with van der Waals surface area (Å²) in [5.74, 6) is -0.586. The fourth-order valence-electron chi connectivity index (χ4n) is 1.70. The summed E-state index contributed by atoms with van der Waals surface area (Å²) < 4.78 is 26.5. The predicted octanol–water partition coefficient (Wildman–Crippen LogP) is 2.69. The SMILES string of the molecule is CCC(=O)NS(=O)(=O)c1cnccc1Nc1cccc(Cl)c1. The number of amides is 1. The Morgan fingerprint density at radius 2 is 2.09 bits per heavy atom. The average molecular weight is 340 g/mol. The van der Waals surface area contributed by atoms with Crippen LogP contribution in [0.2, 0.25) is 5.02 Å². The number of hydrogen-bond acceptors (Lipinski definition) is 5. The van der Waals surface area contributed by atoms with Gasteiger partial charge in [0, 0.05) is 29.5 Å². The van der Waals surface area contributed by atoms with E-state index in [1.165, 1.54) is 18.5 Å². The minimum Gasteiger partial charge on any atom is -0.354 e. The number of halogens is 1. The monoisotopic (exact) mass is 339 g/mol. The van der Waals surface area contributed by atoms with Crippen molar-refractivity contribution in [1.82, 2.24) is 9.71 Å². The summed E-state index contributed by atoms with van der Waals surface area (Å²) in [6.07, 6.45) is 2.70. The largest absolute Gasteiger partial charge is 0.354 e. The van der Waals surface area contributed by atoms with Crippen LogP contribution < -0.4 is 10.0 Å². The van der Waals surface area contributed by atoms with E-state index in [9.17, 15) is 13.2 Å². The summed E-state index contributed by atoms with van der Waals surface area (Å²) in [5.41, 5.74) is 0.922. The van der Waals surface area contributed by atoms with Crippen molar-refractivity contribution in [2.45, 2.75) is 18.2 Å². The zero-order valence-electron chi connectivity index (χ0n) is 11.7. The van der Waals surface area contributed by atoms with E-state index in [1.807, 2.05) is 4.72 Å². The number of anilines is 2. The van der Waals surface area contributed by atoms with Crippen LogP contribution in [0.25, 0.3) is 0 Å². The number of benzene rings is 1. The highest BCUT2D eigenvalue weighted by molar-refractivity contribution is 7.90. The molecule has 2 rings (SSSR count). The molecule has 22 heavy (non-hydrogen) atoms. The summed E-state index contributed by atoms with van der Waals surface area (Å²) in [7, 11) is -3.99. The fourth-order valence-corrected chi connectivity index (χ4v) is 3.05. The highest BCUT2D eigenvalue weighted by Crippen LogP contribution is 2.25. The molecule has 0 aliphatic rings. The molecule has 0 radical (unpaired) electrons. The van der Waals surface area contributed by atoms with E-state index in [2.05, 4.69) is 10.3 Å². The van der Waals surface area contributed by atoms with Crippen molar-refractivity contribution >= 4 is 38.9 Å². The maximum Gasteiger partial charge on any atom is 0.267 e. The molecule has 0 saturated heterocycles. The van der Waals surface area contributed by atoms with Crippen LogP contribution in [-0.4, -0.2) is 19.3 Å². The van der Waals surface area contributed by atoms with Crippen LogP contribution in [0.4, 0.5) is 11.4 Å². The lowest BCUT2D eigenvalue weighted by atomic mass is 10.3. The van der Waals surface area contributed by atoms with Gasteiger partial charge in [-0.05, 0) is 24.3 Å². The zero-order chi connectivity index (χ0) is 16.2. The molecule has 1 aromatic carbocycles. The molecule has 1 aromatic heterocycles. The molecule has 0 aliphatic heterocycles. The Balaban J connectivity index is 2.36. The van der Waals surface area contributed by atoms with Crippen molar-refractivity contribution in [2.24, 2.45) is 0 Å². The lowest BCUT2D eigenvalue weighted by molar-refractivity contribution is -0.119. The maximum atomic E-state index is 12.2. The summed E-state index contributed by atoms with van der Waals surface area (Å²) >= 11 is 5.90. The van der Waals surface area contributed by atoms with Crippen LogP contribution in [-0.2, 0) is 14.8 Å². The van der Waals surface area contributed by atoms with E-state index >= 15 is 0 Å². The lowest BCUT2D eigenvalue weighted by Crippen LogP contribution is -2.30. The molecule has 0 bridgehead atoms. The van der Waals surface area contributed by atoms with Gasteiger partial charge in [-0.1, -0.05) is 24.6 Å². The number of carbonyl (C=O) groups is 1. The number of sulfonamides is 1. The molecular formula is C14H14ClN3O3S. The first-order valence-electron chi connectivity index (χ1n) is 6.44. The molecule has 2 aromatic rings. The maximum absolute atomic E-state index is 12.2. The van der Waals surface area contributed by atoms with Crippen LogP contribution >= 0.6 is 11.6 Å². The second-order valence-electron chi connectivity index (χ2n) is 4.39. The summed E-state index contributed by atoms with van der Waals surface area (Å²) in [6, 6.07) is 8.35. The van der Waals surface area contributed by atoms with Gasteiger partial charge in [-0.15, -0.1) is 0 Å². The molecule has 1 amide bonds. The van der Waals surface area contributed by atoms with Crippen LogP contribution in [0.3, 0.4) is 0 Å². The van der Waals surface area contributed by atoms with Crippen molar-refractivity contribution in [3.8, 4) is 0 Å². The van der Waals surface area contributed by atoms with E-state index in [0.717, 1.165) is 0 Å². The molecule has 0 aliphatic carbocycles. The van der Waals surface area contributed by atoms with Crippen LogP contribution in [0.15, 0.2) is 47.6 Å². The first kappa shape index (κ1) is 16.3. The van der Waals surface area contributed by atoms with E-state index in [4.69, 9.17) is 11.6 Å². The molecular weight excluding hydrogens is 326 g/mol. The van der Waals surface area contributed by atoms with Gasteiger partial charge in [0.05, 0.1) is 5.69 Å². The lowest BCUT2D eigenvalue weighted by Gasteiger charge is -2.12. The molecule has 8 heteroatoms. The quantitative estimate of drug-likeness (QED) is 0.874. The Bertz CT molecular complexity index is 793. The summed E-state index contributed by atoms with van der Waals surface area (Å²) in [6.45, 7) is 1.57. The molecule has 0 saturated carbocycles. The smallest absolute Gasteiger partial charge is 0.267 e. The third kappa shape index (κ3) is 3.96. The molecule has 0 unspecified atom stereocenters. The third-order valence-corrected chi connectivity index (χ3v) is 4.38. The van der Waals surface area contributed by atoms with Gasteiger partial charge in [-0.2, -0.15) is 0 Å². The van der Waals surface area contributed by atoms with E-state index < -0.39 is 15.9 Å². The van der Waals surface area contributed by atoms with E-state index in [-0.39, 0.29) is 11.3 Å². The summed E-state index contributed by atoms with van der Waals surface area (Å²) in [4.78, 5) is 15.1. The van der Waals surface area contributed by atoms with Gasteiger partial charge in [0.1, 0.15) is 4.90 Å². The van der Waals surface area contributed by atoms with Gasteiger partial charge in [0.2, 0.25) is 5.91 Å². The van der Waals surface area contributed by atoms with Crippen molar-refractivity contribution in [1.29, 1.82) is 0 Å². The second-order valence-corrected chi connectivity index (χ2v) is 6.48.